The van der Waals surface area contributed by atoms with Crippen LogP contribution in [0.5, 0.6) is 0 Å². The number of carbonyl (C=O) groups excluding carboxylic acids is 2. The minimum absolute atomic E-state index is 0.0341. The van der Waals surface area contributed by atoms with E-state index in [0.717, 1.165) is 19.3 Å². The van der Waals surface area contributed by atoms with Crippen LogP contribution >= 0.6 is 0 Å². The lowest BCUT2D eigenvalue weighted by Crippen LogP contribution is -2.55. The number of ether oxygens (including phenoxy) is 1. The smallest absolute Gasteiger partial charge is 0.247 e. The van der Waals surface area contributed by atoms with Crippen molar-refractivity contribution in [2.45, 2.75) is 77.1 Å². The molecule has 2 aliphatic heterocycles. The second-order valence-electron chi connectivity index (χ2n) is 6.15. The van der Waals surface area contributed by atoms with Crippen LogP contribution < -0.4 is 5.32 Å². The summed E-state index contributed by atoms with van der Waals surface area (Å²) in [5.41, 5.74) is -0.218. The minimum atomic E-state index is -0.391. The molecular formula is C15H26N2O3. The monoisotopic (exact) mass is 282 g/mol. The summed E-state index contributed by atoms with van der Waals surface area (Å²) >= 11 is 0. The van der Waals surface area contributed by atoms with E-state index in [1.54, 1.807) is 0 Å². The van der Waals surface area contributed by atoms with Crippen molar-refractivity contribution >= 4 is 11.8 Å². The van der Waals surface area contributed by atoms with Crippen molar-refractivity contribution in [2.24, 2.45) is 0 Å². The number of nitrogens with one attached hydrogen (secondary N) is 1. The Bertz CT molecular complexity index is 395. The molecular weight excluding hydrogens is 256 g/mol. The SMILES string of the molecule is CCC(CC)N1C(=O)CC(NC2(C)CCOC2C)C1=O. The van der Waals surface area contributed by atoms with E-state index in [2.05, 4.69) is 12.2 Å². The number of rotatable bonds is 5. The van der Waals surface area contributed by atoms with Gasteiger partial charge in [-0.2, -0.15) is 0 Å². The highest BCUT2D eigenvalue weighted by molar-refractivity contribution is 6.05. The maximum Gasteiger partial charge on any atom is 0.247 e. The van der Waals surface area contributed by atoms with E-state index in [9.17, 15) is 9.59 Å². The normalized spacial score (nSPS) is 34.5. The molecule has 0 saturated carbocycles. The third kappa shape index (κ3) is 2.61. The Balaban J connectivity index is 2.08. The predicted octanol–water partition coefficient (Wildman–Crippen LogP) is 1.46. The quantitative estimate of drug-likeness (QED) is 0.776. The Morgan fingerprint density at radius 1 is 1.40 bits per heavy atom. The van der Waals surface area contributed by atoms with Gasteiger partial charge in [0.1, 0.15) is 0 Å². The Kier molecular flexibility index (Phi) is 4.49. The Labute approximate surface area is 121 Å². The summed E-state index contributed by atoms with van der Waals surface area (Å²) in [5, 5.41) is 3.38. The molecule has 2 heterocycles. The van der Waals surface area contributed by atoms with Gasteiger partial charge in [-0.15, -0.1) is 0 Å². The number of hydrogen-bond acceptors (Lipinski definition) is 4. The molecule has 0 spiro atoms. The molecule has 5 nitrogen and oxygen atoms in total. The number of nitrogens with zero attached hydrogens (tertiary/aromatic N) is 1. The minimum Gasteiger partial charge on any atom is -0.377 e. The van der Waals surface area contributed by atoms with E-state index < -0.39 is 6.04 Å². The molecule has 5 heteroatoms. The average molecular weight is 282 g/mol. The molecule has 2 rings (SSSR count). The number of carbonyl (C=O) groups is 2. The number of amides is 2. The highest BCUT2D eigenvalue weighted by Crippen LogP contribution is 2.28. The molecule has 2 fully saturated rings. The van der Waals surface area contributed by atoms with E-state index in [1.807, 2.05) is 20.8 Å². The fourth-order valence-corrected chi connectivity index (χ4v) is 3.22. The molecule has 0 aromatic heterocycles. The van der Waals surface area contributed by atoms with Gasteiger partial charge < -0.3 is 4.74 Å². The van der Waals surface area contributed by atoms with Gasteiger partial charge in [0.2, 0.25) is 11.8 Å². The van der Waals surface area contributed by atoms with Gasteiger partial charge in [0, 0.05) is 18.2 Å². The van der Waals surface area contributed by atoms with Crippen molar-refractivity contribution in [1.82, 2.24) is 10.2 Å². The highest BCUT2D eigenvalue weighted by Gasteiger charge is 2.46. The molecule has 20 heavy (non-hydrogen) atoms. The lowest BCUT2D eigenvalue weighted by Gasteiger charge is -2.32. The Hall–Kier alpha value is -0.940. The fraction of sp³-hybridized carbons (Fsp3) is 0.867. The van der Waals surface area contributed by atoms with Gasteiger partial charge in [0.05, 0.1) is 18.6 Å². The summed E-state index contributed by atoms with van der Waals surface area (Å²) in [6, 6.07) is -0.357. The van der Waals surface area contributed by atoms with Crippen molar-refractivity contribution < 1.29 is 14.3 Å². The lowest BCUT2D eigenvalue weighted by molar-refractivity contribution is -0.141. The van der Waals surface area contributed by atoms with Crippen molar-refractivity contribution in [2.75, 3.05) is 6.61 Å². The lowest BCUT2D eigenvalue weighted by atomic mass is 9.93. The van der Waals surface area contributed by atoms with E-state index >= 15 is 0 Å². The topological polar surface area (TPSA) is 58.6 Å². The second kappa shape index (κ2) is 5.82. The van der Waals surface area contributed by atoms with Crippen LogP contribution in [-0.2, 0) is 14.3 Å². The summed E-state index contributed by atoms with van der Waals surface area (Å²) in [7, 11) is 0. The van der Waals surface area contributed by atoms with Crippen LogP contribution in [0.1, 0.15) is 53.4 Å². The largest absolute Gasteiger partial charge is 0.377 e. The van der Waals surface area contributed by atoms with E-state index in [4.69, 9.17) is 4.74 Å². The summed E-state index contributed by atoms with van der Waals surface area (Å²) in [6.07, 6.45) is 2.84. The molecule has 0 aliphatic carbocycles. The summed E-state index contributed by atoms with van der Waals surface area (Å²) in [5.74, 6) is -0.111. The highest BCUT2D eigenvalue weighted by atomic mass is 16.5. The van der Waals surface area contributed by atoms with Crippen LogP contribution in [0, 0.1) is 0 Å². The van der Waals surface area contributed by atoms with Gasteiger partial charge in [-0.25, -0.2) is 0 Å². The number of likely N-dealkylation sites (tertiary alicyclic amines) is 1. The van der Waals surface area contributed by atoms with E-state index in [1.165, 1.54) is 4.90 Å². The first-order valence-corrected chi connectivity index (χ1v) is 7.68. The van der Waals surface area contributed by atoms with Gasteiger partial charge in [0.25, 0.3) is 0 Å². The van der Waals surface area contributed by atoms with Crippen LogP contribution in [0.25, 0.3) is 0 Å². The molecule has 2 amide bonds. The maximum absolute atomic E-state index is 12.5. The molecule has 0 bridgehead atoms. The van der Waals surface area contributed by atoms with E-state index in [-0.39, 0.29) is 35.9 Å². The maximum atomic E-state index is 12.5. The molecule has 3 atom stereocenters. The van der Waals surface area contributed by atoms with Crippen LogP contribution in [0.2, 0.25) is 0 Å². The Morgan fingerprint density at radius 3 is 2.55 bits per heavy atom. The van der Waals surface area contributed by atoms with Crippen molar-refractivity contribution in [3.8, 4) is 0 Å². The van der Waals surface area contributed by atoms with Crippen molar-refractivity contribution in [3.63, 3.8) is 0 Å². The van der Waals surface area contributed by atoms with Gasteiger partial charge in [-0.05, 0) is 33.1 Å². The second-order valence-corrected chi connectivity index (χ2v) is 6.15. The van der Waals surface area contributed by atoms with Crippen molar-refractivity contribution in [3.05, 3.63) is 0 Å². The third-order valence-electron chi connectivity index (χ3n) is 4.88. The molecule has 0 aromatic rings. The first-order valence-electron chi connectivity index (χ1n) is 7.68. The van der Waals surface area contributed by atoms with Crippen LogP contribution in [0.4, 0.5) is 0 Å². The van der Waals surface area contributed by atoms with Gasteiger partial charge >= 0.3 is 0 Å². The number of imide groups is 1. The zero-order valence-corrected chi connectivity index (χ0v) is 12.9. The molecule has 0 radical (unpaired) electrons. The van der Waals surface area contributed by atoms with Gasteiger partial charge in [0.15, 0.2) is 0 Å². The summed E-state index contributed by atoms with van der Waals surface area (Å²) in [4.78, 5) is 26.1. The summed E-state index contributed by atoms with van der Waals surface area (Å²) in [6.45, 7) is 8.82. The molecule has 2 aliphatic rings. The summed E-state index contributed by atoms with van der Waals surface area (Å²) < 4.78 is 5.59. The van der Waals surface area contributed by atoms with Crippen LogP contribution in [0.3, 0.4) is 0 Å². The van der Waals surface area contributed by atoms with Gasteiger partial charge in [-0.1, -0.05) is 13.8 Å². The van der Waals surface area contributed by atoms with Crippen LogP contribution in [-0.4, -0.2) is 47.0 Å². The molecule has 114 valence electrons. The first kappa shape index (κ1) is 15.4. The third-order valence-corrected chi connectivity index (χ3v) is 4.88. The zero-order chi connectivity index (χ0) is 14.9. The van der Waals surface area contributed by atoms with Crippen molar-refractivity contribution in [1.29, 1.82) is 0 Å². The molecule has 2 saturated heterocycles. The predicted molar refractivity (Wildman–Crippen MR) is 76.2 cm³/mol. The Morgan fingerprint density at radius 2 is 2.05 bits per heavy atom. The standard InChI is InChI=1S/C15H26N2O3/c1-5-11(6-2)17-13(18)9-12(14(17)19)16-15(4)7-8-20-10(15)3/h10-12,16H,5-9H2,1-4H3. The van der Waals surface area contributed by atoms with Gasteiger partial charge in [-0.3, -0.25) is 19.8 Å². The van der Waals surface area contributed by atoms with E-state index in [0.29, 0.717) is 6.61 Å². The average Bonchev–Trinajstić information content (AvgIpc) is 2.86. The molecule has 1 N–H and O–H groups in total. The fourth-order valence-electron chi connectivity index (χ4n) is 3.22. The zero-order valence-electron chi connectivity index (χ0n) is 12.9. The molecule has 0 aromatic carbocycles. The number of hydrogen-bond donors (Lipinski definition) is 1. The molecule has 3 unspecified atom stereocenters. The van der Waals surface area contributed by atoms with Crippen LogP contribution in [0.15, 0.2) is 0 Å². The first-order chi connectivity index (χ1) is 9.42.